The summed E-state index contributed by atoms with van der Waals surface area (Å²) in [5.74, 6) is 0. The second kappa shape index (κ2) is 8.23. The molecule has 7 rings (SSSR count). The van der Waals surface area contributed by atoms with Crippen LogP contribution in [-0.2, 0) is 0 Å². The molecule has 0 aliphatic carbocycles. The SMILES string of the molecule is c1ccc2c(-c3ccc(-c4ccc(-c5c6ccccc6cc6ccccc56)s4)cc3)cccc2c1. The molecule has 0 N–H and O–H groups in total. The number of thiophene rings is 1. The Morgan fingerprint density at radius 3 is 1.63 bits per heavy atom. The molecule has 0 aliphatic heterocycles. The van der Waals surface area contributed by atoms with Crippen LogP contribution in [0.3, 0.4) is 0 Å². The number of hydrogen-bond acceptors (Lipinski definition) is 1. The van der Waals surface area contributed by atoms with Crippen LogP contribution >= 0.6 is 11.3 Å². The molecule has 1 aromatic heterocycles. The van der Waals surface area contributed by atoms with Crippen molar-refractivity contribution in [2.45, 2.75) is 0 Å². The molecule has 0 bridgehead atoms. The minimum atomic E-state index is 1.25. The third-order valence-corrected chi connectivity index (χ3v) is 8.05. The van der Waals surface area contributed by atoms with Gasteiger partial charge in [-0.05, 0) is 67.2 Å². The van der Waals surface area contributed by atoms with Crippen LogP contribution in [0.15, 0.2) is 133 Å². The van der Waals surface area contributed by atoms with Gasteiger partial charge in [-0.1, -0.05) is 115 Å². The maximum atomic E-state index is 2.30. The number of hydrogen-bond donors (Lipinski definition) is 0. The lowest BCUT2D eigenvalue weighted by atomic mass is 9.96. The first-order chi connectivity index (χ1) is 17.3. The van der Waals surface area contributed by atoms with E-state index in [1.54, 1.807) is 0 Å². The zero-order chi connectivity index (χ0) is 23.2. The van der Waals surface area contributed by atoms with Gasteiger partial charge >= 0.3 is 0 Å². The highest BCUT2D eigenvalue weighted by Crippen LogP contribution is 2.42. The third-order valence-electron chi connectivity index (χ3n) is 6.89. The fourth-order valence-electron chi connectivity index (χ4n) is 5.20. The molecule has 6 aromatic carbocycles. The van der Waals surface area contributed by atoms with Crippen LogP contribution in [0.1, 0.15) is 0 Å². The van der Waals surface area contributed by atoms with E-state index in [1.165, 1.54) is 64.3 Å². The average molecular weight is 463 g/mol. The van der Waals surface area contributed by atoms with Crippen LogP contribution in [0.2, 0.25) is 0 Å². The van der Waals surface area contributed by atoms with Crippen molar-refractivity contribution in [1.29, 1.82) is 0 Å². The first-order valence-electron chi connectivity index (χ1n) is 11.9. The molecule has 0 saturated carbocycles. The zero-order valence-electron chi connectivity index (χ0n) is 19.1. The molecule has 0 spiro atoms. The number of fused-ring (bicyclic) bond motifs is 3. The van der Waals surface area contributed by atoms with Crippen LogP contribution in [0.25, 0.3) is 64.3 Å². The lowest BCUT2D eigenvalue weighted by molar-refractivity contribution is 1.65. The summed E-state index contributed by atoms with van der Waals surface area (Å²) in [4.78, 5) is 2.60. The summed E-state index contributed by atoms with van der Waals surface area (Å²) in [7, 11) is 0. The van der Waals surface area contributed by atoms with Crippen molar-refractivity contribution >= 4 is 43.7 Å². The van der Waals surface area contributed by atoms with Gasteiger partial charge in [0.15, 0.2) is 0 Å². The predicted molar refractivity (Wildman–Crippen MR) is 153 cm³/mol. The quantitative estimate of drug-likeness (QED) is 0.229. The molecule has 0 saturated heterocycles. The molecule has 1 heterocycles. The largest absolute Gasteiger partial charge is 0.135 e. The molecule has 7 aromatic rings. The van der Waals surface area contributed by atoms with Crippen molar-refractivity contribution in [2.24, 2.45) is 0 Å². The van der Waals surface area contributed by atoms with Crippen molar-refractivity contribution in [3.63, 3.8) is 0 Å². The molecule has 0 fully saturated rings. The van der Waals surface area contributed by atoms with E-state index in [9.17, 15) is 0 Å². The van der Waals surface area contributed by atoms with Gasteiger partial charge in [-0.3, -0.25) is 0 Å². The summed E-state index contributed by atoms with van der Waals surface area (Å²) >= 11 is 1.87. The van der Waals surface area contributed by atoms with Gasteiger partial charge in [-0.15, -0.1) is 11.3 Å². The highest BCUT2D eigenvalue weighted by atomic mass is 32.1. The van der Waals surface area contributed by atoms with Crippen molar-refractivity contribution in [3.05, 3.63) is 133 Å². The first-order valence-corrected chi connectivity index (χ1v) is 12.8. The fraction of sp³-hybridized carbons (Fsp3) is 0. The molecule has 1 heteroatoms. The van der Waals surface area contributed by atoms with E-state index in [1.807, 2.05) is 11.3 Å². The van der Waals surface area contributed by atoms with Crippen molar-refractivity contribution in [3.8, 4) is 32.0 Å². The van der Waals surface area contributed by atoms with Gasteiger partial charge in [0, 0.05) is 15.3 Å². The Morgan fingerprint density at radius 1 is 0.371 bits per heavy atom. The van der Waals surface area contributed by atoms with Crippen molar-refractivity contribution < 1.29 is 0 Å². The van der Waals surface area contributed by atoms with E-state index >= 15 is 0 Å². The molecule has 0 atom stereocenters. The van der Waals surface area contributed by atoms with E-state index in [4.69, 9.17) is 0 Å². The summed E-state index contributed by atoms with van der Waals surface area (Å²) in [6, 6.07) is 48.5. The minimum Gasteiger partial charge on any atom is -0.135 e. The standard InChI is InChI=1S/C34H22S/c1-4-12-28-23(8-1)11-7-15-29(28)24-16-18-25(19-17-24)32-20-21-33(35-32)34-30-13-5-2-9-26(30)22-27-10-3-6-14-31(27)34/h1-22H. The molecule has 0 radical (unpaired) electrons. The number of benzene rings is 6. The van der Waals surface area contributed by atoms with Crippen molar-refractivity contribution in [1.82, 2.24) is 0 Å². The Kier molecular flexibility index (Phi) is 4.75. The van der Waals surface area contributed by atoms with Crippen LogP contribution < -0.4 is 0 Å². The van der Waals surface area contributed by atoms with Crippen LogP contribution in [0, 0.1) is 0 Å². The van der Waals surface area contributed by atoms with E-state index in [-0.39, 0.29) is 0 Å². The van der Waals surface area contributed by atoms with Crippen LogP contribution in [0.4, 0.5) is 0 Å². The monoisotopic (exact) mass is 462 g/mol. The van der Waals surface area contributed by atoms with Gasteiger partial charge in [-0.2, -0.15) is 0 Å². The van der Waals surface area contributed by atoms with Gasteiger partial charge < -0.3 is 0 Å². The zero-order valence-corrected chi connectivity index (χ0v) is 19.9. The summed E-state index contributed by atoms with van der Waals surface area (Å²) in [6.45, 7) is 0. The molecular formula is C34H22S. The Morgan fingerprint density at radius 2 is 0.914 bits per heavy atom. The average Bonchev–Trinajstić information content (AvgIpc) is 3.41. The van der Waals surface area contributed by atoms with Crippen LogP contribution in [-0.4, -0.2) is 0 Å². The van der Waals surface area contributed by atoms with Gasteiger partial charge in [-0.25, -0.2) is 0 Å². The third kappa shape index (κ3) is 3.44. The molecule has 164 valence electrons. The van der Waals surface area contributed by atoms with E-state index in [2.05, 4.69) is 133 Å². The van der Waals surface area contributed by atoms with Gasteiger partial charge in [0.2, 0.25) is 0 Å². The Hall–Kier alpha value is -4.20. The second-order valence-electron chi connectivity index (χ2n) is 8.96. The molecule has 35 heavy (non-hydrogen) atoms. The second-order valence-corrected chi connectivity index (χ2v) is 10.0. The van der Waals surface area contributed by atoms with Gasteiger partial charge in [0.25, 0.3) is 0 Å². The maximum Gasteiger partial charge on any atom is 0.0361 e. The maximum absolute atomic E-state index is 2.30. The lowest BCUT2D eigenvalue weighted by Gasteiger charge is -2.10. The van der Waals surface area contributed by atoms with E-state index in [0.717, 1.165) is 0 Å². The highest BCUT2D eigenvalue weighted by Gasteiger charge is 2.13. The summed E-state index contributed by atoms with van der Waals surface area (Å²) in [5.41, 5.74) is 5.13. The van der Waals surface area contributed by atoms with E-state index in [0.29, 0.717) is 0 Å². The van der Waals surface area contributed by atoms with Gasteiger partial charge in [0.1, 0.15) is 0 Å². The molecule has 0 nitrogen and oxygen atoms in total. The Bertz CT molecular complexity index is 1780. The summed E-state index contributed by atoms with van der Waals surface area (Å²) in [6.07, 6.45) is 0. The number of rotatable bonds is 3. The Balaban J connectivity index is 1.32. The normalized spacial score (nSPS) is 11.4. The van der Waals surface area contributed by atoms with Crippen LogP contribution in [0.5, 0.6) is 0 Å². The lowest BCUT2D eigenvalue weighted by Crippen LogP contribution is -1.82. The molecular weight excluding hydrogens is 440 g/mol. The fourth-order valence-corrected chi connectivity index (χ4v) is 6.28. The minimum absolute atomic E-state index is 1.25. The first kappa shape index (κ1) is 20.2. The summed E-state index contributed by atoms with van der Waals surface area (Å²) < 4.78 is 0. The van der Waals surface area contributed by atoms with Gasteiger partial charge in [0.05, 0.1) is 0 Å². The molecule has 0 amide bonds. The molecule has 0 aliphatic rings. The summed E-state index contributed by atoms with van der Waals surface area (Å²) in [5, 5.41) is 7.77. The Labute approximate surface area is 208 Å². The molecule has 0 unspecified atom stereocenters. The van der Waals surface area contributed by atoms with E-state index < -0.39 is 0 Å². The predicted octanol–water partition coefficient (Wildman–Crippen LogP) is 10.2. The smallest absolute Gasteiger partial charge is 0.0361 e. The van der Waals surface area contributed by atoms with Crippen molar-refractivity contribution in [2.75, 3.05) is 0 Å². The highest BCUT2D eigenvalue weighted by molar-refractivity contribution is 7.19. The topological polar surface area (TPSA) is 0 Å².